The molecule has 1 aliphatic heterocycles. The molecule has 0 aliphatic carbocycles. The lowest BCUT2D eigenvalue weighted by Gasteiger charge is -2.30. The molecule has 0 amide bonds. The zero-order valence-electron chi connectivity index (χ0n) is 17.5. The molecule has 2 aromatic heterocycles. The monoisotopic (exact) mass is 445 g/mol. The van der Waals surface area contributed by atoms with Crippen molar-refractivity contribution in [1.29, 1.82) is 0 Å². The second-order valence-electron chi connectivity index (χ2n) is 7.09. The lowest BCUT2D eigenvalue weighted by molar-refractivity contribution is -0.0522. The molecule has 1 N–H and O–H groups in total. The van der Waals surface area contributed by atoms with Crippen LogP contribution in [0.4, 0.5) is 14.5 Å². The molecule has 3 aromatic rings. The molecule has 5 nitrogen and oxygen atoms in total. The molecule has 1 unspecified atom stereocenters. The third-order valence-electron chi connectivity index (χ3n) is 5.09. The number of thiazole rings is 1. The quantitative estimate of drug-likeness (QED) is 0.485. The number of rotatable bonds is 5. The van der Waals surface area contributed by atoms with Gasteiger partial charge in [0.05, 0.1) is 29.7 Å². The van der Waals surface area contributed by atoms with Crippen molar-refractivity contribution in [2.45, 2.75) is 44.8 Å². The van der Waals surface area contributed by atoms with E-state index in [1.165, 1.54) is 29.9 Å². The van der Waals surface area contributed by atoms with Crippen molar-refractivity contribution in [3.8, 4) is 10.6 Å². The number of ether oxygens (including phenoxy) is 1. The van der Waals surface area contributed by atoms with Crippen LogP contribution in [0.25, 0.3) is 10.6 Å². The zero-order chi connectivity index (χ0) is 22.2. The smallest absolute Gasteiger partial charge is 0.169 e. The maximum absolute atomic E-state index is 13.3. The van der Waals surface area contributed by atoms with Crippen LogP contribution in [0.5, 0.6) is 0 Å². The van der Waals surface area contributed by atoms with E-state index in [9.17, 15) is 13.6 Å². The lowest BCUT2D eigenvalue weighted by Crippen LogP contribution is -2.22. The Bertz CT molecular complexity index is 992. The van der Waals surface area contributed by atoms with Crippen molar-refractivity contribution in [2.24, 2.45) is 0 Å². The molecule has 3 heterocycles. The van der Waals surface area contributed by atoms with Crippen molar-refractivity contribution < 1.29 is 18.3 Å². The summed E-state index contributed by atoms with van der Waals surface area (Å²) in [4.78, 5) is 18.3. The maximum atomic E-state index is 13.3. The van der Waals surface area contributed by atoms with Crippen LogP contribution in [0.3, 0.4) is 0 Å². The topological polar surface area (TPSA) is 64.1 Å². The van der Waals surface area contributed by atoms with Gasteiger partial charge in [0, 0.05) is 24.2 Å². The minimum atomic E-state index is -0.679. The van der Waals surface area contributed by atoms with Crippen LogP contribution in [0.15, 0.2) is 42.0 Å². The molecule has 0 bridgehead atoms. The fourth-order valence-electron chi connectivity index (χ4n) is 3.48. The van der Waals surface area contributed by atoms with Crippen molar-refractivity contribution in [2.75, 3.05) is 12.4 Å². The number of pyridine rings is 1. The molecule has 31 heavy (non-hydrogen) atoms. The Morgan fingerprint density at radius 2 is 2.03 bits per heavy atom. The highest BCUT2D eigenvalue weighted by Crippen LogP contribution is 2.35. The van der Waals surface area contributed by atoms with E-state index in [0.717, 1.165) is 42.0 Å². The van der Waals surface area contributed by atoms with E-state index in [1.807, 2.05) is 19.4 Å². The van der Waals surface area contributed by atoms with Crippen LogP contribution in [0, 0.1) is 11.6 Å². The summed E-state index contributed by atoms with van der Waals surface area (Å²) < 4.78 is 32.7. The number of aldehydes is 1. The molecule has 1 fully saturated rings. The number of hydrogen-bond donors (Lipinski definition) is 1. The predicted octanol–water partition coefficient (Wildman–Crippen LogP) is 6.04. The average molecular weight is 446 g/mol. The molecule has 1 aliphatic rings. The predicted molar refractivity (Wildman–Crippen MR) is 118 cm³/mol. The molecule has 8 heteroatoms. The molecular weight excluding hydrogens is 420 g/mol. The van der Waals surface area contributed by atoms with E-state index in [1.54, 1.807) is 0 Å². The summed E-state index contributed by atoms with van der Waals surface area (Å²) in [7, 11) is 1.93. The number of anilines is 1. The Hall–Kier alpha value is -2.71. The first kappa shape index (κ1) is 23.0. The highest BCUT2D eigenvalue weighted by molar-refractivity contribution is 7.13. The van der Waals surface area contributed by atoms with Gasteiger partial charge in [-0.3, -0.25) is 9.78 Å². The minimum Gasteiger partial charge on any atom is -0.387 e. The van der Waals surface area contributed by atoms with Gasteiger partial charge in [-0.1, -0.05) is 13.0 Å². The molecule has 4 rings (SSSR count). The van der Waals surface area contributed by atoms with Gasteiger partial charge in [-0.05, 0) is 43.9 Å². The van der Waals surface area contributed by atoms with Crippen LogP contribution < -0.4 is 5.32 Å². The fraction of sp³-hybridized carbons (Fsp3) is 0.348. The first-order chi connectivity index (χ1) is 15.1. The third kappa shape index (κ3) is 5.71. The van der Waals surface area contributed by atoms with Gasteiger partial charge in [-0.2, -0.15) is 0 Å². The molecule has 1 aromatic carbocycles. The van der Waals surface area contributed by atoms with Crippen molar-refractivity contribution in [3.05, 3.63) is 64.9 Å². The average Bonchev–Trinajstić information content (AvgIpc) is 3.28. The zero-order valence-corrected chi connectivity index (χ0v) is 18.3. The van der Waals surface area contributed by atoms with Gasteiger partial charge in [0.2, 0.25) is 0 Å². The van der Waals surface area contributed by atoms with Crippen LogP contribution in [0.2, 0.25) is 0 Å². The van der Waals surface area contributed by atoms with Crippen LogP contribution in [0.1, 0.15) is 54.8 Å². The highest BCUT2D eigenvalue weighted by atomic mass is 32.1. The Kier molecular flexibility index (Phi) is 8.20. The van der Waals surface area contributed by atoms with E-state index in [-0.39, 0.29) is 22.4 Å². The van der Waals surface area contributed by atoms with E-state index >= 15 is 0 Å². The molecule has 0 saturated carbocycles. The van der Waals surface area contributed by atoms with E-state index in [2.05, 4.69) is 28.3 Å². The Labute approximate surface area is 184 Å². The normalized spacial score (nSPS) is 18.1. The molecule has 2 atom stereocenters. The fourth-order valence-corrected chi connectivity index (χ4v) is 4.29. The van der Waals surface area contributed by atoms with Gasteiger partial charge in [-0.15, -0.1) is 11.3 Å². The van der Waals surface area contributed by atoms with Gasteiger partial charge in [0.15, 0.2) is 6.29 Å². The molecule has 1 saturated heterocycles. The number of aromatic nitrogens is 2. The Morgan fingerprint density at radius 1 is 1.26 bits per heavy atom. The van der Waals surface area contributed by atoms with Crippen molar-refractivity contribution in [1.82, 2.24) is 9.97 Å². The van der Waals surface area contributed by atoms with Gasteiger partial charge in [0.1, 0.15) is 22.3 Å². The minimum absolute atomic E-state index is 0.174. The molecular formula is C23H25F2N3O2S. The van der Waals surface area contributed by atoms with E-state index in [4.69, 9.17) is 4.74 Å². The lowest BCUT2D eigenvalue weighted by atomic mass is 9.97. The van der Waals surface area contributed by atoms with E-state index in [0.29, 0.717) is 12.4 Å². The number of halogens is 2. The summed E-state index contributed by atoms with van der Waals surface area (Å²) in [5.41, 5.74) is 2.33. The third-order valence-corrected chi connectivity index (χ3v) is 5.97. The van der Waals surface area contributed by atoms with Crippen molar-refractivity contribution >= 4 is 23.3 Å². The first-order valence-corrected chi connectivity index (χ1v) is 11.1. The SMILES string of the molecule is CC[C@@H]1CCCC(c2ccncc2NC)O1.O=Cc1csc(-c2c(F)cccc2F)n1. The highest BCUT2D eigenvalue weighted by Gasteiger charge is 2.24. The van der Waals surface area contributed by atoms with Crippen LogP contribution in [-0.4, -0.2) is 29.4 Å². The molecule has 164 valence electrons. The number of hydrogen-bond acceptors (Lipinski definition) is 6. The first-order valence-electron chi connectivity index (χ1n) is 10.2. The largest absolute Gasteiger partial charge is 0.387 e. The van der Waals surface area contributed by atoms with Crippen LogP contribution in [-0.2, 0) is 4.74 Å². The summed E-state index contributed by atoms with van der Waals surface area (Å²) in [6, 6.07) is 5.65. The number of carbonyl (C=O) groups excluding carboxylic acids is 1. The van der Waals surface area contributed by atoms with Gasteiger partial charge >= 0.3 is 0 Å². The number of nitrogens with one attached hydrogen (secondary N) is 1. The van der Waals surface area contributed by atoms with E-state index < -0.39 is 11.6 Å². The van der Waals surface area contributed by atoms with Crippen molar-refractivity contribution in [3.63, 3.8) is 0 Å². The summed E-state index contributed by atoms with van der Waals surface area (Å²) in [5, 5.41) is 4.81. The van der Waals surface area contributed by atoms with Gasteiger partial charge in [-0.25, -0.2) is 13.8 Å². The molecule has 0 spiro atoms. The second kappa shape index (κ2) is 11.1. The Morgan fingerprint density at radius 3 is 2.68 bits per heavy atom. The van der Waals surface area contributed by atoms with Gasteiger partial charge in [0.25, 0.3) is 0 Å². The Balaban J connectivity index is 0.000000176. The number of carbonyl (C=O) groups is 1. The second-order valence-corrected chi connectivity index (χ2v) is 7.95. The number of benzene rings is 1. The van der Waals surface area contributed by atoms with Crippen LogP contribution >= 0.6 is 11.3 Å². The standard InChI is InChI=1S/C13H20N2O.C10H5F2NOS/c1-3-10-5-4-6-13(16-10)11-7-8-15-9-12(11)14-2;11-7-2-1-3-8(12)9(7)10-13-6(4-14)5-15-10/h7-10,13-14H,3-6H2,1-2H3;1-5H/t10-,13?;/m1./s1. The van der Waals surface area contributed by atoms with Gasteiger partial charge < -0.3 is 10.1 Å². The summed E-state index contributed by atoms with van der Waals surface area (Å²) in [6.45, 7) is 2.19. The summed E-state index contributed by atoms with van der Waals surface area (Å²) >= 11 is 1.03. The maximum Gasteiger partial charge on any atom is 0.169 e. The summed E-state index contributed by atoms with van der Waals surface area (Å²) in [5.74, 6) is -1.36. The number of nitrogens with zero attached hydrogens (tertiary/aromatic N) is 2. The summed E-state index contributed by atoms with van der Waals surface area (Å²) in [6.07, 6.45) is 9.61. The molecule has 0 radical (unpaired) electrons.